The predicted octanol–water partition coefficient (Wildman–Crippen LogP) is 0.165. The Morgan fingerprint density at radius 1 is 0.746 bits per heavy atom. The van der Waals surface area contributed by atoms with Crippen molar-refractivity contribution in [3.05, 3.63) is 65.9 Å². The van der Waals surface area contributed by atoms with Gasteiger partial charge in [0.05, 0.1) is 12.5 Å². The summed E-state index contributed by atoms with van der Waals surface area (Å²) in [4.78, 5) is 126. The van der Waals surface area contributed by atoms with Crippen molar-refractivity contribution in [2.24, 2.45) is 23.3 Å². The van der Waals surface area contributed by atoms with Gasteiger partial charge in [-0.2, -0.15) is 0 Å². The lowest BCUT2D eigenvalue weighted by atomic mass is 9.99. The number of nitrogens with one attached hydrogen (secondary N) is 8. The molecule has 15 N–H and O–H groups in total. The number of fused-ring (bicyclic) bond motifs is 1. The van der Waals surface area contributed by atoms with Crippen LogP contribution in [0.25, 0.3) is 10.9 Å². The first-order valence-corrected chi connectivity index (χ1v) is 25.8. The summed E-state index contributed by atoms with van der Waals surface area (Å²) in [6, 6.07) is 1.78. The van der Waals surface area contributed by atoms with E-state index in [1.54, 1.807) is 40.0 Å². The molecule has 24 heteroatoms. The van der Waals surface area contributed by atoms with Gasteiger partial charge in [0.1, 0.15) is 48.0 Å². The number of carboxylic acid groups (broad SMARTS) is 2. The Bertz CT molecular complexity index is 2350. The highest BCUT2D eigenvalue weighted by Crippen LogP contribution is 2.25. The molecule has 4 rings (SSSR count). The van der Waals surface area contributed by atoms with Gasteiger partial charge in [0.2, 0.25) is 41.4 Å². The molecule has 0 spiro atoms. The number of carboxylic acids is 2. The van der Waals surface area contributed by atoms with Crippen LogP contribution in [0.3, 0.4) is 0 Å². The van der Waals surface area contributed by atoms with Crippen LogP contribution in [0.1, 0.15) is 70.9 Å². The van der Waals surface area contributed by atoms with E-state index in [2.05, 4.69) is 42.2 Å². The number of phenols is 1. The predicted molar refractivity (Wildman–Crippen MR) is 267 cm³/mol. The molecule has 1 aliphatic rings. The molecular formula is C47H66N10O12S2. The molecule has 0 saturated carbocycles. The minimum absolute atomic E-state index is 0.0377. The standard InChI is InChI=1S/C47H66N10O12S2/c1-24(2)17-33-42(63)54-35(19-27-21-50-31-10-6-5-9-29(27)31)44(65)51-32(11-7-8-16-48)41(62)53-34(18-26-12-14-28(58)15-13-26)43(64)56-37(46(67)57-39(25(3)4)47(68)69)23-71-70-22-36(45(66)52-33)55-40(61)30(49)20-38(59)60/h5-6,9-10,12-15,21,24-25,30,32-37,39,50,58H,7-8,11,16-20,22-23,48-49H2,1-4H3,(H,51,65)(H,52,66)(H,53,62)(H,54,63)(H,55,61)(H,56,64)(H,57,67)(H,59,60)(H,68,69)/t30-,32-,33-,34-,35-,36-,37-,39-/m0/s1. The van der Waals surface area contributed by atoms with Crippen LogP contribution in [0.2, 0.25) is 0 Å². The number of aromatic hydroxyl groups is 1. The van der Waals surface area contributed by atoms with Crippen molar-refractivity contribution in [2.45, 2.75) is 121 Å². The Kier molecular flexibility index (Phi) is 22.5. The van der Waals surface area contributed by atoms with Crippen molar-refractivity contribution in [2.75, 3.05) is 18.1 Å². The van der Waals surface area contributed by atoms with Crippen molar-refractivity contribution in [1.82, 2.24) is 42.2 Å². The molecule has 22 nitrogen and oxygen atoms in total. The number of carbonyl (C=O) groups is 9. The summed E-state index contributed by atoms with van der Waals surface area (Å²) in [6.45, 7) is 7.00. The summed E-state index contributed by atoms with van der Waals surface area (Å²) >= 11 is 0. The number of nitrogens with two attached hydrogens (primary N) is 2. The van der Waals surface area contributed by atoms with E-state index in [0.717, 1.165) is 32.5 Å². The van der Waals surface area contributed by atoms with Gasteiger partial charge in [0.25, 0.3) is 0 Å². The summed E-state index contributed by atoms with van der Waals surface area (Å²) in [6.07, 6.45) is 1.53. The molecule has 1 fully saturated rings. The summed E-state index contributed by atoms with van der Waals surface area (Å²) < 4.78 is 0. The fourth-order valence-corrected chi connectivity index (χ4v) is 9.89. The second-order valence-electron chi connectivity index (χ2n) is 18.1. The minimum Gasteiger partial charge on any atom is -0.508 e. The molecule has 3 aromatic rings. The second-order valence-corrected chi connectivity index (χ2v) is 20.6. The van der Waals surface area contributed by atoms with Crippen LogP contribution in [0, 0.1) is 11.8 Å². The number of aromatic nitrogens is 1. The molecule has 0 aliphatic carbocycles. The molecule has 1 aromatic heterocycles. The fraction of sp³-hybridized carbons (Fsp3) is 0.511. The third kappa shape index (κ3) is 18.1. The zero-order valence-corrected chi connectivity index (χ0v) is 41.7. The first kappa shape index (κ1) is 57.2. The van der Waals surface area contributed by atoms with Gasteiger partial charge < -0.3 is 69.0 Å². The lowest BCUT2D eigenvalue weighted by Gasteiger charge is -2.29. The number of carbonyl (C=O) groups excluding carboxylic acids is 7. The number of para-hydroxylation sites is 1. The molecule has 8 atom stereocenters. The third-order valence-electron chi connectivity index (χ3n) is 11.4. The maximum absolute atomic E-state index is 14.6. The number of rotatable bonds is 18. The lowest BCUT2D eigenvalue weighted by Crippen LogP contribution is -2.61. The average molecular weight is 1030 g/mol. The van der Waals surface area contributed by atoms with Crippen LogP contribution in [0.4, 0.5) is 0 Å². The Balaban J connectivity index is 1.85. The Labute approximate surface area is 418 Å². The summed E-state index contributed by atoms with van der Waals surface area (Å²) in [5.41, 5.74) is 13.5. The molecular weight excluding hydrogens is 961 g/mol. The highest BCUT2D eigenvalue weighted by atomic mass is 33.1. The Hall–Kier alpha value is -6.37. The SMILES string of the molecule is CC(C)C[C@@H]1NC(=O)[C@@H](NC(=O)[C@@H](N)CC(=O)O)CSSC[C@@H](C(=O)N[C@H](C(=O)O)C(C)C)NC(=O)[C@H](Cc2ccc(O)cc2)NC(=O)[C@H](CCCCN)NC(=O)[C@H](Cc2c[nH]c3ccccc23)NC1=O. The number of aromatic amines is 1. The van der Waals surface area contributed by atoms with Gasteiger partial charge in [-0.3, -0.25) is 38.4 Å². The summed E-state index contributed by atoms with van der Waals surface area (Å²) in [5, 5.41) is 48.5. The molecule has 71 heavy (non-hydrogen) atoms. The Morgan fingerprint density at radius 3 is 1.97 bits per heavy atom. The van der Waals surface area contributed by atoms with Crippen molar-refractivity contribution < 1.29 is 58.5 Å². The topological polar surface area (TPSA) is 366 Å². The zero-order chi connectivity index (χ0) is 52.4. The summed E-state index contributed by atoms with van der Waals surface area (Å²) in [5.74, 6) is -10.1. The fourth-order valence-electron chi connectivity index (χ4n) is 7.56. The number of H-pyrrole nitrogens is 1. The molecule has 1 saturated heterocycles. The van der Waals surface area contributed by atoms with Gasteiger partial charge in [-0.1, -0.05) is 79.6 Å². The molecule has 2 aromatic carbocycles. The van der Waals surface area contributed by atoms with E-state index >= 15 is 0 Å². The highest BCUT2D eigenvalue weighted by Gasteiger charge is 2.36. The molecule has 7 amide bonds. The molecule has 388 valence electrons. The monoisotopic (exact) mass is 1030 g/mol. The van der Waals surface area contributed by atoms with E-state index in [1.807, 2.05) is 18.2 Å². The van der Waals surface area contributed by atoms with Crippen molar-refractivity contribution in [1.29, 1.82) is 0 Å². The van der Waals surface area contributed by atoms with Crippen LogP contribution < -0.4 is 48.7 Å². The molecule has 0 bridgehead atoms. The number of benzene rings is 2. The van der Waals surface area contributed by atoms with E-state index in [4.69, 9.17) is 11.5 Å². The average Bonchev–Trinajstić information content (AvgIpc) is 3.72. The molecule has 2 heterocycles. The van der Waals surface area contributed by atoms with Crippen LogP contribution in [-0.4, -0.2) is 140 Å². The third-order valence-corrected chi connectivity index (χ3v) is 13.9. The van der Waals surface area contributed by atoms with E-state index in [9.17, 15) is 58.5 Å². The number of hydrogen-bond acceptors (Lipinski definition) is 14. The van der Waals surface area contributed by atoms with Gasteiger partial charge in [0, 0.05) is 41.4 Å². The van der Waals surface area contributed by atoms with Crippen molar-refractivity contribution in [3.63, 3.8) is 0 Å². The first-order chi connectivity index (χ1) is 33.7. The van der Waals surface area contributed by atoms with Gasteiger partial charge in [-0.15, -0.1) is 0 Å². The Morgan fingerprint density at radius 2 is 1.34 bits per heavy atom. The molecule has 0 unspecified atom stereocenters. The first-order valence-electron chi connectivity index (χ1n) is 23.3. The van der Waals surface area contributed by atoms with E-state index in [1.165, 1.54) is 24.3 Å². The smallest absolute Gasteiger partial charge is 0.326 e. The quantitative estimate of drug-likeness (QED) is 0.0596. The summed E-state index contributed by atoms with van der Waals surface area (Å²) in [7, 11) is 1.90. The van der Waals surface area contributed by atoms with Gasteiger partial charge >= 0.3 is 11.9 Å². The zero-order valence-electron chi connectivity index (χ0n) is 40.0. The minimum atomic E-state index is -1.57. The maximum atomic E-state index is 14.6. The normalized spacial score (nSPS) is 22.0. The second kappa shape index (κ2) is 27.9. The molecule has 0 radical (unpaired) electrons. The lowest BCUT2D eigenvalue weighted by molar-refractivity contribution is -0.143. The van der Waals surface area contributed by atoms with Crippen LogP contribution >= 0.6 is 21.6 Å². The largest absolute Gasteiger partial charge is 0.508 e. The van der Waals surface area contributed by atoms with Crippen molar-refractivity contribution >= 4 is 85.8 Å². The number of aliphatic carboxylic acids is 2. The van der Waals surface area contributed by atoms with Crippen LogP contribution in [0.5, 0.6) is 5.75 Å². The van der Waals surface area contributed by atoms with Crippen molar-refractivity contribution in [3.8, 4) is 5.75 Å². The van der Waals surface area contributed by atoms with Crippen LogP contribution in [0.15, 0.2) is 54.7 Å². The van der Waals surface area contributed by atoms with E-state index < -0.39 is 114 Å². The van der Waals surface area contributed by atoms with E-state index in [0.29, 0.717) is 24.0 Å². The van der Waals surface area contributed by atoms with Gasteiger partial charge in [0.15, 0.2) is 0 Å². The van der Waals surface area contributed by atoms with Gasteiger partial charge in [-0.25, -0.2) is 4.79 Å². The molecule has 1 aliphatic heterocycles. The number of amides is 7. The van der Waals surface area contributed by atoms with Gasteiger partial charge in [-0.05, 0) is 73.4 Å². The number of hydrogen-bond donors (Lipinski definition) is 13. The number of phenolic OH excluding ortho intramolecular Hbond substituents is 1. The number of unbranched alkanes of at least 4 members (excludes halogenated alkanes) is 1. The van der Waals surface area contributed by atoms with E-state index in [-0.39, 0.29) is 55.4 Å². The highest BCUT2D eigenvalue weighted by molar-refractivity contribution is 8.76. The van der Waals surface area contributed by atoms with Crippen LogP contribution in [-0.2, 0) is 56.0 Å². The maximum Gasteiger partial charge on any atom is 0.326 e.